The average molecular weight is 691 g/mol. The number of nitrogens with zero attached hydrogens (tertiary/aromatic N) is 3. The SMILES string of the molecule is Nc1ccc(CNC(=O)NC2CCC(c3ccc(C(=O)NCCN4CCS(O)(O)CC4)c(Nc4cccc(C(F)(F)F)c4)n3)CC2)cn1. The van der Waals surface area contributed by atoms with Crippen LogP contribution < -0.4 is 27.0 Å². The summed E-state index contributed by atoms with van der Waals surface area (Å²) in [4.78, 5) is 36.6. The van der Waals surface area contributed by atoms with Gasteiger partial charge in [-0.3, -0.25) is 18.8 Å². The number of halogens is 3. The number of alkyl halides is 3. The van der Waals surface area contributed by atoms with Gasteiger partial charge < -0.3 is 27.0 Å². The Balaban J connectivity index is 1.22. The summed E-state index contributed by atoms with van der Waals surface area (Å²) in [6, 6.07) is 11.3. The van der Waals surface area contributed by atoms with E-state index in [2.05, 4.69) is 26.3 Å². The molecule has 260 valence electrons. The number of anilines is 3. The van der Waals surface area contributed by atoms with E-state index in [1.165, 1.54) is 12.1 Å². The van der Waals surface area contributed by atoms with Crippen molar-refractivity contribution in [3.05, 3.63) is 77.1 Å². The second-order valence-electron chi connectivity index (χ2n) is 12.1. The lowest BCUT2D eigenvalue weighted by atomic mass is 9.83. The van der Waals surface area contributed by atoms with E-state index in [1.54, 1.807) is 30.5 Å². The van der Waals surface area contributed by atoms with Gasteiger partial charge in [-0.05, 0) is 67.6 Å². The van der Waals surface area contributed by atoms with Crippen molar-refractivity contribution in [3.63, 3.8) is 0 Å². The number of nitrogens with one attached hydrogen (secondary N) is 4. The van der Waals surface area contributed by atoms with Gasteiger partial charge in [-0.2, -0.15) is 23.8 Å². The predicted octanol–water partition coefficient (Wildman–Crippen LogP) is 5.14. The molecule has 2 aliphatic rings. The normalized spacial score (nSPS) is 20.4. The van der Waals surface area contributed by atoms with E-state index < -0.39 is 28.2 Å². The number of pyridine rings is 2. The number of hydrogen-bond acceptors (Lipinski definition) is 9. The number of urea groups is 1. The Morgan fingerprint density at radius 2 is 1.75 bits per heavy atom. The quantitative estimate of drug-likeness (QED) is 0.152. The van der Waals surface area contributed by atoms with Crippen LogP contribution in [-0.4, -0.2) is 79.6 Å². The highest BCUT2D eigenvalue weighted by atomic mass is 32.3. The number of carbonyl (C=O) groups excluding carboxylic acids is 2. The van der Waals surface area contributed by atoms with Gasteiger partial charge in [-0.1, -0.05) is 12.1 Å². The molecule has 3 amide bonds. The van der Waals surface area contributed by atoms with E-state index in [9.17, 15) is 31.9 Å². The Morgan fingerprint density at radius 3 is 2.44 bits per heavy atom. The molecule has 0 spiro atoms. The van der Waals surface area contributed by atoms with Crippen molar-refractivity contribution in [1.82, 2.24) is 30.8 Å². The molecule has 8 N–H and O–H groups in total. The van der Waals surface area contributed by atoms with E-state index >= 15 is 0 Å². The molecule has 0 atom stereocenters. The third-order valence-electron chi connectivity index (χ3n) is 8.58. The van der Waals surface area contributed by atoms with Crippen molar-refractivity contribution in [1.29, 1.82) is 0 Å². The van der Waals surface area contributed by atoms with Gasteiger partial charge in [0, 0.05) is 62.3 Å². The maximum atomic E-state index is 13.4. The van der Waals surface area contributed by atoms with Crippen molar-refractivity contribution < 1.29 is 31.9 Å². The number of carbonyl (C=O) groups is 2. The molecule has 5 rings (SSSR count). The lowest BCUT2D eigenvalue weighted by molar-refractivity contribution is -0.137. The first-order valence-corrected chi connectivity index (χ1v) is 17.7. The summed E-state index contributed by atoms with van der Waals surface area (Å²) in [6.45, 7) is 2.15. The summed E-state index contributed by atoms with van der Waals surface area (Å²) >= 11 is 0. The van der Waals surface area contributed by atoms with Gasteiger partial charge in [0.1, 0.15) is 11.6 Å². The van der Waals surface area contributed by atoms with Crippen molar-refractivity contribution in [3.8, 4) is 0 Å². The van der Waals surface area contributed by atoms with Gasteiger partial charge in [0.05, 0.1) is 22.6 Å². The first kappa shape index (κ1) is 35.2. The predicted molar refractivity (Wildman–Crippen MR) is 179 cm³/mol. The van der Waals surface area contributed by atoms with Crippen LogP contribution in [0.25, 0.3) is 0 Å². The van der Waals surface area contributed by atoms with Crippen molar-refractivity contribution in [2.75, 3.05) is 48.7 Å². The summed E-state index contributed by atoms with van der Waals surface area (Å²) in [7, 11) is -2.53. The van der Waals surface area contributed by atoms with Crippen LogP contribution in [0.2, 0.25) is 0 Å². The first-order chi connectivity index (χ1) is 22.8. The summed E-state index contributed by atoms with van der Waals surface area (Å²) in [6.07, 6.45) is -0.0923. The number of rotatable bonds is 10. The fourth-order valence-electron chi connectivity index (χ4n) is 5.79. The van der Waals surface area contributed by atoms with Gasteiger partial charge in [-0.15, -0.1) is 0 Å². The van der Waals surface area contributed by atoms with E-state index in [1.807, 2.05) is 4.90 Å². The molecule has 0 unspecified atom stereocenters. The van der Waals surface area contributed by atoms with E-state index in [-0.39, 0.29) is 35.1 Å². The third kappa shape index (κ3) is 9.95. The molecule has 48 heavy (non-hydrogen) atoms. The zero-order valence-electron chi connectivity index (χ0n) is 26.3. The van der Waals surface area contributed by atoms with Crippen LogP contribution in [0.15, 0.2) is 54.7 Å². The first-order valence-electron chi connectivity index (χ1n) is 15.8. The van der Waals surface area contributed by atoms with Gasteiger partial charge in [0.2, 0.25) is 0 Å². The van der Waals surface area contributed by atoms with E-state index in [0.29, 0.717) is 68.6 Å². The molecular weight excluding hydrogens is 649 g/mol. The molecular formula is C32H41F3N8O4S. The molecule has 0 radical (unpaired) electrons. The molecule has 1 saturated carbocycles. The number of nitrogen functional groups attached to an aromatic ring is 1. The molecule has 1 saturated heterocycles. The third-order valence-corrected chi connectivity index (χ3v) is 10.3. The zero-order chi connectivity index (χ0) is 34.3. The monoisotopic (exact) mass is 690 g/mol. The van der Waals surface area contributed by atoms with Crippen LogP contribution in [-0.2, 0) is 12.7 Å². The second kappa shape index (κ2) is 15.4. The summed E-state index contributed by atoms with van der Waals surface area (Å²) in [5.41, 5.74) is 6.63. The maximum absolute atomic E-state index is 13.4. The zero-order valence-corrected chi connectivity index (χ0v) is 27.1. The molecule has 2 fully saturated rings. The van der Waals surface area contributed by atoms with Crippen molar-refractivity contribution >= 4 is 39.9 Å². The number of hydrogen-bond donors (Lipinski definition) is 7. The van der Waals surface area contributed by atoms with Gasteiger partial charge in [0.15, 0.2) is 0 Å². The topological polar surface area (TPSA) is 178 Å². The number of benzene rings is 1. The van der Waals surface area contributed by atoms with Crippen molar-refractivity contribution in [2.45, 2.75) is 50.4 Å². The highest BCUT2D eigenvalue weighted by Gasteiger charge is 2.31. The molecule has 12 nitrogen and oxygen atoms in total. The number of aromatic nitrogens is 2. The lowest BCUT2D eigenvalue weighted by Gasteiger charge is -2.40. The molecule has 1 aromatic carbocycles. The van der Waals surface area contributed by atoms with Crippen LogP contribution in [0.4, 0.5) is 35.3 Å². The highest BCUT2D eigenvalue weighted by Crippen LogP contribution is 2.40. The van der Waals surface area contributed by atoms with Crippen LogP contribution in [0.3, 0.4) is 0 Å². The number of nitrogens with two attached hydrogens (primary N) is 1. The molecule has 1 aliphatic carbocycles. The molecule has 0 bridgehead atoms. The van der Waals surface area contributed by atoms with Gasteiger partial charge in [-0.25, -0.2) is 14.8 Å². The Labute approximate surface area is 278 Å². The number of amides is 3. The van der Waals surface area contributed by atoms with Crippen LogP contribution in [0.1, 0.15) is 58.8 Å². The van der Waals surface area contributed by atoms with Crippen LogP contribution >= 0.6 is 10.6 Å². The molecule has 3 aromatic rings. The Morgan fingerprint density at radius 1 is 1.00 bits per heavy atom. The standard InChI is InChI=1S/C32H41F3N8O4S/c33-32(34,35)23-2-1-3-25(18-23)40-29-26(30(44)37-12-13-43-14-16-48(46,47)17-15-43)9-10-27(42-29)22-5-7-24(8-6-22)41-31(45)39-20-21-4-11-28(36)38-19-21/h1-4,9-11,18-19,22,24,46-47H,5-8,12-17,20H2,(H2,36,38)(H,37,44)(H,40,42)(H2,39,41,45). The highest BCUT2D eigenvalue weighted by molar-refractivity contribution is 8.24. The summed E-state index contributed by atoms with van der Waals surface area (Å²) in [5.74, 6) is 0.736. The molecule has 1 aliphatic heterocycles. The van der Waals surface area contributed by atoms with Gasteiger partial charge in [0.25, 0.3) is 5.91 Å². The molecule has 3 heterocycles. The largest absolute Gasteiger partial charge is 0.416 e. The molecule has 2 aromatic heterocycles. The summed E-state index contributed by atoms with van der Waals surface area (Å²) < 4.78 is 60.0. The average Bonchev–Trinajstić information content (AvgIpc) is 3.05. The minimum atomic E-state index is -4.54. The Bertz CT molecular complexity index is 1560. The lowest BCUT2D eigenvalue weighted by Crippen LogP contribution is -2.43. The smallest absolute Gasteiger partial charge is 0.384 e. The van der Waals surface area contributed by atoms with Crippen LogP contribution in [0.5, 0.6) is 0 Å². The molecule has 16 heteroatoms. The fraction of sp³-hybridized carbons (Fsp3) is 0.438. The minimum absolute atomic E-state index is 0.0255. The minimum Gasteiger partial charge on any atom is -0.384 e. The maximum Gasteiger partial charge on any atom is 0.416 e. The van der Waals surface area contributed by atoms with E-state index in [0.717, 1.165) is 30.5 Å². The Hall–Kier alpha value is -4.12. The van der Waals surface area contributed by atoms with Gasteiger partial charge >= 0.3 is 12.2 Å². The Kier molecular flexibility index (Phi) is 11.3. The summed E-state index contributed by atoms with van der Waals surface area (Å²) in [5, 5.41) is 11.6. The van der Waals surface area contributed by atoms with E-state index in [4.69, 9.17) is 10.7 Å². The van der Waals surface area contributed by atoms with Crippen LogP contribution in [0, 0.1) is 0 Å². The second-order valence-corrected chi connectivity index (χ2v) is 14.5. The van der Waals surface area contributed by atoms with Crippen molar-refractivity contribution in [2.24, 2.45) is 0 Å². The fourth-order valence-corrected chi connectivity index (χ4v) is 7.10.